The summed E-state index contributed by atoms with van der Waals surface area (Å²) in [7, 11) is 0. The first-order valence-electron chi connectivity index (χ1n) is 4.63. The monoisotopic (exact) mass is 247 g/mol. The molecular weight excluding hydrogens is 235 g/mol. The van der Waals surface area contributed by atoms with Crippen LogP contribution in [0.4, 0.5) is 0 Å². The summed E-state index contributed by atoms with van der Waals surface area (Å²) in [4.78, 5) is 0.359. The van der Waals surface area contributed by atoms with E-state index in [1.54, 1.807) is 0 Å². The van der Waals surface area contributed by atoms with Gasteiger partial charge in [0.15, 0.2) is 0 Å². The van der Waals surface area contributed by atoms with Gasteiger partial charge in [0.25, 0.3) is 0 Å². The zero-order chi connectivity index (χ0) is 9.80. The fourth-order valence-electron chi connectivity index (χ4n) is 1.45. The van der Waals surface area contributed by atoms with Crippen LogP contribution in [0.5, 0.6) is 0 Å². The summed E-state index contributed by atoms with van der Waals surface area (Å²) in [6.07, 6.45) is 0. The van der Waals surface area contributed by atoms with Crippen molar-refractivity contribution in [1.82, 2.24) is 0 Å². The van der Waals surface area contributed by atoms with Crippen LogP contribution in [0.3, 0.4) is 0 Å². The van der Waals surface area contributed by atoms with Crippen LogP contribution >= 0.6 is 0 Å². The predicted octanol–water partition coefficient (Wildman–Crippen LogP) is 2.94. The molecule has 1 heteroatoms. The molecule has 0 aliphatic heterocycles. The van der Waals surface area contributed by atoms with Crippen molar-refractivity contribution in [2.45, 2.75) is 4.82 Å². The summed E-state index contributed by atoms with van der Waals surface area (Å²) >= 11 is 3.21. The molecule has 0 saturated heterocycles. The molecule has 0 fully saturated rings. The van der Waals surface area contributed by atoms with Crippen molar-refractivity contribution < 1.29 is 0 Å². The van der Waals surface area contributed by atoms with Crippen molar-refractivity contribution in [3.8, 4) is 0 Å². The minimum atomic E-state index is 0.359. The Labute approximate surface area is 92.8 Å². The van der Waals surface area contributed by atoms with Crippen molar-refractivity contribution in [2.24, 2.45) is 0 Å². The van der Waals surface area contributed by atoms with Crippen LogP contribution in [-0.2, 0) is 0 Å². The van der Waals surface area contributed by atoms with Crippen molar-refractivity contribution in [3.05, 3.63) is 71.8 Å². The van der Waals surface area contributed by atoms with Crippen LogP contribution in [0.2, 0.25) is 0 Å². The van der Waals surface area contributed by atoms with Gasteiger partial charge in [0, 0.05) is 0 Å². The molecule has 2 aromatic rings. The predicted molar refractivity (Wildman–Crippen MR) is 60.5 cm³/mol. The van der Waals surface area contributed by atoms with E-state index < -0.39 is 0 Å². The number of benzene rings is 2. The van der Waals surface area contributed by atoms with Gasteiger partial charge in [-0.1, -0.05) is 0 Å². The van der Waals surface area contributed by atoms with Crippen LogP contribution in [0.1, 0.15) is 15.9 Å². The Morgan fingerprint density at radius 3 is 1.36 bits per heavy atom. The Bertz CT molecular complexity index is 341. The van der Waals surface area contributed by atoms with E-state index in [0.29, 0.717) is 4.82 Å². The van der Waals surface area contributed by atoms with Crippen LogP contribution in [-0.4, -0.2) is 16.0 Å². The standard InChI is InChI=1S/C13H11Se/c14-13(11-7-3-1-4-8-11)12-9-5-2-6-10-12/h1-10,13H/q+1. The van der Waals surface area contributed by atoms with Gasteiger partial charge in [0.05, 0.1) is 0 Å². The Hall–Kier alpha value is -1.04. The minimum absolute atomic E-state index is 0.359. The maximum absolute atomic E-state index is 3.21. The van der Waals surface area contributed by atoms with Gasteiger partial charge >= 0.3 is 92.6 Å². The normalized spacial score (nSPS) is 10.4. The molecule has 2 rings (SSSR count). The number of hydrogen-bond donors (Lipinski definition) is 0. The summed E-state index contributed by atoms with van der Waals surface area (Å²) in [6.45, 7) is 0. The Morgan fingerprint density at radius 1 is 0.643 bits per heavy atom. The summed E-state index contributed by atoms with van der Waals surface area (Å²) < 4.78 is 0. The van der Waals surface area contributed by atoms with E-state index >= 15 is 0 Å². The first-order chi connectivity index (χ1) is 6.88. The van der Waals surface area contributed by atoms with Gasteiger partial charge in [-0.25, -0.2) is 0 Å². The molecule has 0 amide bonds. The van der Waals surface area contributed by atoms with Gasteiger partial charge in [-0.3, -0.25) is 0 Å². The molecule has 0 aliphatic carbocycles. The first kappa shape index (κ1) is 9.51. The van der Waals surface area contributed by atoms with E-state index in [9.17, 15) is 0 Å². The molecule has 0 aromatic heterocycles. The molecule has 0 unspecified atom stereocenters. The van der Waals surface area contributed by atoms with Crippen LogP contribution < -0.4 is 0 Å². The molecule has 2 radical (unpaired) electrons. The van der Waals surface area contributed by atoms with E-state index in [-0.39, 0.29) is 0 Å². The molecular formula is C13H11Se+. The van der Waals surface area contributed by atoms with E-state index in [0.717, 1.165) is 0 Å². The van der Waals surface area contributed by atoms with Crippen molar-refractivity contribution in [2.75, 3.05) is 0 Å². The van der Waals surface area contributed by atoms with Gasteiger partial charge in [0.2, 0.25) is 0 Å². The number of rotatable bonds is 2. The molecule has 0 atom stereocenters. The zero-order valence-electron chi connectivity index (χ0n) is 7.76. The van der Waals surface area contributed by atoms with Gasteiger partial charge in [-0.05, 0) is 0 Å². The fourth-order valence-corrected chi connectivity index (χ4v) is 2.11. The summed E-state index contributed by atoms with van der Waals surface area (Å²) in [5.41, 5.74) is 2.64. The quantitative estimate of drug-likeness (QED) is 0.715. The molecule has 0 nitrogen and oxygen atoms in total. The second kappa shape index (κ2) is 4.45. The molecule has 0 heterocycles. The average Bonchev–Trinajstić information content (AvgIpc) is 2.30. The van der Waals surface area contributed by atoms with Gasteiger partial charge < -0.3 is 0 Å². The molecule has 0 bridgehead atoms. The number of hydrogen-bond acceptors (Lipinski definition) is 0. The Morgan fingerprint density at radius 2 is 1.00 bits per heavy atom. The fraction of sp³-hybridized carbons (Fsp3) is 0.0769. The third kappa shape index (κ3) is 2.06. The van der Waals surface area contributed by atoms with Crippen molar-refractivity contribution in [1.29, 1.82) is 0 Å². The maximum atomic E-state index is 3.21. The summed E-state index contributed by atoms with van der Waals surface area (Å²) in [5, 5.41) is 0. The van der Waals surface area contributed by atoms with E-state index in [2.05, 4.69) is 64.5 Å². The van der Waals surface area contributed by atoms with Crippen LogP contribution in [0, 0.1) is 0 Å². The third-order valence-corrected chi connectivity index (χ3v) is 3.35. The van der Waals surface area contributed by atoms with E-state index in [1.165, 1.54) is 11.1 Å². The summed E-state index contributed by atoms with van der Waals surface area (Å²) in [6, 6.07) is 21.0. The van der Waals surface area contributed by atoms with Crippen LogP contribution in [0.25, 0.3) is 0 Å². The van der Waals surface area contributed by atoms with E-state index in [1.807, 2.05) is 12.1 Å². The molecule has 0 saturated carbocycles. The summed E-state index contributed by atoms with van der Waals surface area (Å²) in [5.74, 6) is 0. The SMILES string of the molecule is [Se+]C(c1ccccc1)c1ccccc1. The Balaban J connectivity index is 2.30. The second-order valence-corrected chi connectivity index (χ2v) is 4.19. The topological polar surface area (TPSA) is 0 Å². The third-order valence-electron chi connectivity index (χ3n) is 2.20. The zero-order valence-corrected chi connectivity index (χ0v) is 9.47. The second-order valence-electron chi connectivity index (χ2n) is 3.20. The molecule has 0 N–H and O–H groups in total. The van der Waals surface area contributed by atoms with Gasteiger partial charge in [-0.2, -0.15) is 0 Å². The van der Waals surface area contributed by atoms with Crippen molar-refractivity contribution in [3.63, 3.8) is 0 Å². The molecule has 68 valence electrons. The van der Waals surface area contributed by atoms with Crippen molar-refractivity contribution >= 4 is 16.0 Å². The van der Waals surface area contributed by atoms with E-state index in [4.69, 9.17) is 0 Å². The van der Waals surface area contributed by atoms with Gasteiger partial charge in [0.1, 0.15) is 0 Å². The molecule has 0 aliphatic rings. The van der Waals surface area contributed by atoms with Crippen LogP contribution in [0.15, 0.2) is 60.7 Å². The molecule has 0 spiro atoms. The molecule has 2 aromatic carbocycles. The van der Waals surface area contributed by atoms with Gasteiger partial charge in [-0.15, -0.1) is 0 Å². The molecule has 14 heavy (non-hydrogen) atoms. The average molecular weight is 246 g/mol. The first-order valence-corrected chi connectivity index (χ1v) is 5.62. The Kier molecular flexibility index (Phi) is 3.03.